The molecule has 7 nitrogen and oxygen atoms in total. The van der Waals surface area contributed by atoms with Crippen molar-refractivity contribution in [3.8, 4) is 0 Å². The van der Waals surface area contributed by atoms with Crippen molar-refractivity contribution in [2.24, 2.45) is 5.73 Å². The molecule has 12 heteroatoms. The van der Waals surface area contributed by atoms with Crippen LogP contribution in [0.15, 0.2) is 0 Å². The third-order valence-electron chi connectivity index (χ3n) is 3.12. The van der Waals surface area contributed by atoms with Crippen LogP contribution in [0.4, 0.5) is 0 Å². The molecule has 2 atom stereocenters. The largest absolute Gasteiger partial charge is 0.477 e. The Morgan fingerprint density at radius 1 is 1.08 bits per heavy atom. The van der Waals surface area contributed by atoms with E-state index in [1.165, 1.54) is 9.34 Å². The van der Waals surface area contributed by atoms with Crippen molar-refractivity contribution in [3.63, 3.8) is 0 Å². The monoisotopic (exact) mass is 425 g/mol. The lowest BCUT2D eigenvalue weighted by Crippen LogP contribution is -2.19. The summed E-state index contributed by atoms with van der Waals surface area (Å²) in [5.41, 5.74) is 6.29. The highest BCUT2D eigenvalue weighted by Crippen LogP contribution is 2.39. The van der Waals surface area contributed by atoms with Crippen molar-refractivity contribution in [1.82, 2.24) is 19.3 Å². The van der Waals surface area contributed by atoms with Crippen molar-refractivity contribution in [1.29, 1.82) is 0 Å². The molecule has 0 saturated heterocycles. The number of thiocarbonyl (C=S) groups is 1. The van der Waals surface area contributed by atoms with E-state index in [9.17, 15) is 9.13 Å². The van der Waals surface area contributed by atoms with E-state index in [4.69, 9.17) is 41.2 Å². The molecule has 1 heterocycles. The van der Waals surface area contributed by atoms with Gasteiger partial charge in [0.2, 0.25) is 0 Å². The Balaban J connectivity index is 2.98. The first-order valence-electron chi connectivity index (χ1n) is 6.57. The number of aromatic amines is 1. The van der Waals surface area contributed by atoms with Crippen molar-refractivity contribution >= 4 is 78.0 Å². The highest BCUT2D eigenvalue weighted by Gasteiger charge is 2.41. The molecule has 2 aromatic rings. The van der Waals surface area contributed by atoms with Gasteiger partial charge in [-0.05, 0) is 9.13 Å². The summed E-state index contributed by atoms with van der Waals surface area (Å²) in [6.45, 7) is 0. The zero-order valence-corrected chi connectivity index (χ0v) is 17.4. The van der Waals surface area contributed by atoms with Gasteiger partial charge in [-0.2, -0.15) is 0 Å². The van der Waals surface area contributed by atoms with E-state index >= 15 is 0 Å². The van der Waals surface area contributed by atoms with E-state index in [1.54, 1.807) is 28.2 Å². The second kappa shape index (κ2) is 7.26. The van der Waals surface area contributed by atoms with Gasteiger partial charge in [-0.15, -0.1) is 0 Å². The fourth-order valence-electron chi connectivity index (χ4n) is 2.01. The Morgan fingerprint density at radius 2 is 1.54 bits per heavy atom. The molecular formula is C12H15Cl2N5O2P2S+2. The molecule has 2 unspecified atom stereocenters. The van der Waals surface area contributed by atoms with Gasteiger partial charge in [-0.1, -0.05) is 44.8 Å². The number of hydrogen-bond donors (Lipinski definition) is 2. The Morgan fingerprint density at radius 3 is 2.00 bits per heavy atom. The summed E-state index contributed by atoms with van der Waals surface area (Å²) in [4.78, 5) is 7.25. The first-order valence-corrected chi connectivity index (χ1v) is 10.2. The molecule has 0 fully saturated rings. The van der Waals surface area contributed by atoms with E-state index < -0.39 is 15.9 Å². The molecule has 1 aromatic heterocycles. The molecular weight excluding hydrogens is 411 g/mol. The van der Waals surface area contributed by atoms with Crippen LogP contribution in [0, 0.1) is 0 Å². The van der Waals surface area contributed by atoms with Crippen molar-refractivity contribution in [2.75, 3.05) is 28.2 Å². The lowest BCUT2D eigenvalue weighted by Gasteiger charge is -2.03. The number of halogens is 2. The minimum atomic E-state index is -2.03. The van der Waals surface area contributed by atoms with Gasteiger partial charge >= 0.3 is 15.9 Å². The number of fused-ring (bicyclic) bond motifs is 1. The maximum atomic E-state index is 12.7. The average molecular weight is 426 g/mol. The SMILES string of the molecule is CN(C)[P+](=O)c1c(Cl)c(Cl)c([P+](=O)N(C)C)c2[nH]c(C(N)=S)nc12. The van der Waals surface area contributed by atoms with Gasteiger partial charge in [0, 0.05) is 28.2 Å². The van der Waals surface area contributed by atoms with Gasteiger partial charge in [0.25, 0.3) is 10.6 Å². The van der Waals surface area contributed by atoms with Crippen LogP contribution in [0.2, 0.25) is 10.0 Å². The molecule has 0 bridgehead atoms. The van der Waals surface area contributed by atoms with E-state index in [2.05, 4.69) is 9.97 Å². The van der Waals surface area contributed by atoms with Crippen LogP contribution in [-0.4, -0.2) is 52.5 Å². The molecule has 1 aromatic carbocycles. The van der Waals surface area contributed by atoms with Gasteiger partial charge in [0.15, 0.2) is 11.3 Å². The van der Waals surface area contributed by atoms with Gasteiger partial charge in [0.05, 0.1) is 0 Å². The standard InChI is InChI=1S/C12H14Cl2N5O2P2S/c1-18(2)22(20)9-5(13)6(14)10(23(21)19(3)4)8-7(9)16-12(17-8)11(15)24/h1-4H3,(H2-,15,16,17,20,21,24)/q+1/p+1. The molecule has 3 N–H and O–H groups in total. The summed E-state index contributed by atoms with van der Waals surface area (Å²) < 4.78 is 28.3. The van der Waals surface area contributed by atoms with Crippen LogP contribution in [0.25, 0.3) is 11.0 Å². The average Bonchev–Trinajstić information content (AvgIpc) is 2.91. The van der Waals surface area contributed by atoms with Gasteiger partial charge < -0.3 is 10.7 Å². The van der Waals surface area contributed by atoms with E-state index in [0.717, 1.165) is 0 Å². The number of rotatable bonds is 5. The first kappa shape index (κ1) is 19.6. The number of hydrogen-bond acceptors (Lipinski definition) is 4. The van der Waals surface area contributed by atoms with Crippen LogP contribution in [-0.2, 0) is 9.13 Å². The van der Waals surface area contributed by atoms with Crippen molar-refractivity contribution in [3.05, 3.63) is 15.9 Å². The summed E-state index contributed by atoms with van der Waals surface area (Å²) in [7, 11) is 2.53. The van der Waals surface area contributed by atoms with E-state index in [-0.39, 0.29) is 31.5 Å². The van der Waals surface area contributed by atoms with Gasteiger partial charge in [0.1, 0.15) is 20.6 Å². The summed E-state index contributed by atoms with van der Waals surface area (Å²) in [6.07, 6.45) is 0. The van der Waals surface area contributed by atoms with E-state index in [1.807, 2.05) is 0 Å². The van der Waals surface area contributed by atoms with Crippen LogP contribution in [0.3, 0.4) is 0 Å². The third-order valence-corrected chi connectivity index (χ3v) is 7.53. The van der Waals surface area contributed by atoms with Crippen LogP contribution < -0.4 is 16.3 Å². The summed E-state index contributed by atoms with van der Waals surface area (Å²) in [5, 5.41) is 0.649. The summed E-state index contributed by atoms with van der Waals surface area (Å²) in [5.74, 6) is 0.213. The molecule has 24 heavy (non-hydrogen) atoms. The Labute approximate surface area is 156 Å². The molecule has 0 radical (unpaired) electrons. The fraction of sp³-hybridized carbons (Fsp3) is 0.333. The zero-order chi connectivity index (χ0) is 18.3. The number of H-pyrrole nitrogens is 1. The predicted octanol–water partition coefficient (Wildman–Crippen LogP) is 2.36. The number of nitrogens with zero attached hydrogens (tertiary/aromatic N) is 3. The predicted molar refractivity (Wildman–Crippen MR) is 104 cm³/mol. The van der Waals surface area contributed by atoms with Crippen molar-refractivity contribution < 1.29 is 9.13 Å². The molecule has 0 spiro atoms. The molecule has 0 aliphatic rings. The number of nitrogens with one attached hydrogen (secondary N) is 1. The van der Waals surface area contributed by atoms with Crippen LogP contribution in [0.5, 0.6) is 0 Å². The second-order valence-corrected chi connectivity index (χ2v) is 10.0. The quantitative estimate of drug-likeness (QED) is 0.560. The topological polar surface area (TPSA) is 95.3 Å². The molecule has 2 rings (SSSR count). The lowest BCUT2D eigenvalue weighted by atomic mass is 10.3. The number of aromatic nitrogens is 2. The number of nitrogens with two attached hydrogens (primary N) is 1. The van der Waals surface area contributed by atoms with Gasteiger partial charge in [-0.25, -0.2) is 4.98 Å². The van der Waals surface area contributed by atoms with Gasteiger partial charge in [-0.3, -0.25) is 0 Å². The molecule has 128 valence electrons. The Hall–Kier alpha value is -0.720. The lowest BCUT2D eigenvalue weighted by molar-refractivity contribution is 0.543. The van der Waals surface area contributed by atoms with Crippen LogP contribution >= 0.6 is 51.3 Å². The summed E-state index contributed by atoms with van der Waals surface area (Å²) >= 11 is 17.6. The highest BCUT2D eigenvalue weighted by molar-refractivity contribution is 7.80. The van der Waals surface area contributed by atoms with E-state index in [0.29, 0.717) is 11.0 Å². The number of benzene rings is 1. The zero-order valence-electron chi connectivity index (χ0n) is 13.3. The minimum Gasteiger partial charge on any atom is -0.387 e. The number of imidazole rings is 1. The van der Waals surface area contributed by atoms with Crippen molar-refractivity contribution in [2.45, 2.75) is 0 Å². The highest BCUT2D eigenvalue weighted by atomic mass is 35.5. The fourth-order valence-corrected chi connectivity index (χ4v) is 5.10. The maximum Gasteiger partial charge on any atom is 0.477 e. The Kier molecular flexibility index (Phi) is 5.93. The summed E-state index contributed by atoms with van der Waals surface area (Å²) in [6, 6.07) is 0. The molecule has 0 aliphatic carbocycles. The molecule has 0 saturated carbocycles. The third kappa shape index (κ3) is 3.33. The Bertz CT molecular complexity index is 821. The smallest absolute Gasteiger partial charge is 0.387 e. The minimum absolute atomic E-state index is 0.0236. The maximum absolute atomic E-state index is 12.7. The molecule has 0 amide bonds. The second-order valence-electron chi connectivity index (χ2n) is 5.24. The normalized spacial score (nSPS) is 13.0. The first-order chi connectivity index (χ1) is 11.1. The molecule has 0 aliphatic heterocycles. The van der Waals surface area contributed by atoms with Crippen LogP contribution in [0.1, 0.15) is 5.82 Å².